The van der Waals surface area contributed by atoms with Crippen LogP contribution in [0.4, 0.5) is 4.79 Å². The van der Waals surface area contributed by atoms with Gasteiger partial charge in [0, 0.05) is 25.2 Å². The molecule has 0 saturated carbocycles. The second-order valence-corrected chi connectivity index (χ2v) is 8.06. The smallest absolute Gasteiger partial charge is 0.408 e. The summed E-state index contributed by atoms with van der Waals surface area (Å²) >= 11 is 0. The summed E-state index contributed by atoms with van der Waals surface area (Å²) < 4.78 is 5.11. The number of allylic oxidation sites excluding steroid dienone is 1. The lowest BCUT2D eigenvalue weighted by Gasteiger charge is -2.32. The predicted octanol–water partition coefficient (Wildman–Crippen LogP) is 2.22. The number of amides is 3. The minimum Gasteiger partial charge on any atom is -0.444 e. The number of rotatable bonds is 5. The number of likely N-dealkylation sites (tertiary alicyclic amines) is 1. The molecule has 1 fully saturated rings. The van der Waals surface area contributed by atoms with Gasteiger partial charge < -0.3 is 20.3 Å². The van der Waals surface area contributed by atoms with E-state index in [1.807, 2.05) is 6.92 Å². The highest BCUT2D eigenvalue weighted by atomic mass is 16.6. The zero-order valence-corrected chi connectivity index (χ0v) is 16.8. The lowest BCUT2D eigenvalue weighted by molar-refractivity contribution is -0.131. The van der Waals surface area contributed by atoms with Gasteiger partial charge in [0.1, 0.15) is 12.1 Å². The molecule has 0 unspecified atom stereocenters. The van der Waals surface area contributed by atoms with Crippen LogP contribution in [0.5, 0.6) is 0 Å². The fourth-order valence-corrected chi connectivity index (χ4v) is 2.46. The molecule has 0 spiro atoms. The van der Waals surface area contributed by atoms with E-state index in [0.717, 1.165) is 5.57 Å². The van der Waals surface area contributed by atoms with E-state index in [2.05, 4.69) is 24.5 Å². The van der Waals surface area contributed by atoms with Crippen molar-refractivity contribution in [3.05, 3.63) is 11.6 Å². The Labute approximate surface area is 156 Å². The summed E-state index contributed by atoms with van der Waals surface area (Å²) in [6, 6.07) is 0.0709. The molecule has 1 heterocycles. The maximum Gasteiger partial charge on any atom is 0.408 e. The molecule has 1 aliphatic rings. The standard InChI is InChI=1S/C19H33N3O4/c1-13(2)14(3)11-16(23)21-15-7-9-22(10-8-15)17(24)12-20-18(25)26-19(4,5)6/h11,13,15H,7-10,12H2,1-6H3,(H,20,25)(H,21,23)/b14-11+. The highest BCUT2D eigenvalue weighted by Gasteiger charge is 2.24. The van der Waals surface area contributed by atoms with Gasteiger partial charge >= 0.3 is 6.09 Å². The Hall–Kier alpha value is -2.05. The van der Waals surface area contributed by atoms with Crippen LogP contribution in [0.3, 0.4) is 0 Å². The molecule has 3 amide bonds. The van der Waals surface area contributed by atoms with Crippen molar-refractivity contribution in [2.24, 2.45) is 5.92 Å². The van der Waals surface area contributed by atoms with Gasteiger partial charge in [0.15, 0.2) is 0 Å². The highest BCUT2D eigenvalue weighted by Crippen LogP contribution is 2.12. The first kappa shape index (κ1) is 22.0. The van der Waals surface area contributed by atoms with Gasteiger partial charge in [0.05, 0.1) is 0 Å². The Balaban J connectivity index is 2.35. The summed E-state index contributed by atoms with van der Waals surface area (Å²) in [7, 11) is 0. The second-order valence-electron chi connectivity index (χ2n) is 8.06. The number of hydrogen-bond acceptors (Lipinski definition) is 4. The number of alkyl carbamates (subject to hydrolysis) is 1. The van der Waals surface area contributed by atoms with Gasteiger partial charge in [-0.25, -0.2) is 4.79 Å². The zero-order chi connectivity index (χ0) is 19.9. The molecule has 0 aliphatic carbocycles. The van der Waals surface area contributed by atoms with Crippen molar-refractivity contribution in [3.63, 3.8) is 0 Å². The van der Waals surface area contributed by atoms with Gasteiger partial charge in [-0.2, -0.15) is 0 Å². The Morgan fingerprint density at radius 1 is 1.19 bits per heavy atom. The van der Waals surface area contributed by atoms with Crippen LogP contribution in [0.1, 0.15) is 54.4 Å². The molecule has 1 rings (SSSR count). The number of nitrogens with zero attached hydrogens (tertiary/aromatic N) is 1. The lowest BCUT2D eigenvalue weighted by Crippen LogP contribution is -2.49. The SMILES string of the molecule is C/C(=C\C(=O)NC1CCN(C(=O)CNC(=O)OC(C)(C)C)CC1)C(C)C. The molecule has 26 heavy (non-hydrogen) atoms. The lowest BCUT2D eigenvalue weighted by atomic mass is 10.0. The van der Waals surface area contributed by atoms with Gasteiger partial charge in [0.2, 0.25) is 11.8 Å². The first-order chi connectivity index (χ1) is 12.0. The second kappa shape index (κ2) is 9.59. The largest absolute Gasteiger partial charge is 0.444 e. The Morgan fingerprint density at radius 3 is 2.27 bits per heavy atom. The van der Waals surface area contributed by atoms with Crippen LogP contribution in [-0.4, -0.2) is 54.1 Å². The Kier molecular flexibility index (Phi) is 8.11. The number of carbonyl (C=O) groups excluding carboxylic acids is 3. The highest BCUT2D eigenvalue weighted by molar-refractivity contribution is 5.88. The van der Waals surface area contributed by atoms with Crippen LogP contribution in [0.2, 0.25) is 0 Å². The van der Waals surface area contributed by atoms with Gasteiger partial charge in [-0.1, -0.05) is 19.4 Å². The summed E-state index contributed by atoms with van der Waals surface area (Å²) in [5, 5.41) is 5.48. The van der Waals surface area contributed by atoms with Crippen molar-refractivity contribution in [2.45, 2.75) is 66.0 Å². The molecule has 0 radical (unpaired) electrons. The first-order valence-electron chi connectivity index (χ1n) is 9.21. The van der Waals surface area contributed by atoms with Crippen molar-refractivity contribution in [3.8, 4) is 0 Å². The molecule has 7 heteroatoms. The quantitative estimate of drug-likeness (QED) is 0.730. The topological polar surface area (TPSA) is 87.7 Å². The molecule has 7 nitrogen and oxygen atoms in total. The average Bonchev–Trinajstić information content (AvgIpc) is 2.51. The van der Waals surface area contributed by atoms with Gasteiger partial charge in [-0.15, -0.1) is 0 Å². The maximum absolute atomic E-state index is 12.2. The van der Waals surface area contributed by atoms with E-state index in [1.165, 1.54) is 0 Å². The van der Waals surface area contributed by atoms with Crippen molar-refractivity contribution < 1.29 is 19.1 Å². The van der Waals surface area contributed by atoms with Crippen LogP contribution in [0.15, 0.2) is 11.6 Å². The van der Waals surface area contributed by atoms with E-state index in [-0.39, 0.29) is 24.4 Å². The normalized spacial score (nSPS) is 16.4. The molecule has 0 atom stereocenters. The monoisotopic (exact) mass is 367 g/mol. The molecule has 2 N–H and O–H groups in total. The molecule has 0 aromatic heterocycles. The van der Waals surface area contributed by atoms with Crippen molar-refractivity contribution >= 4 is 17.9 Å². The fourth-order valence-electron chi connectivity index (χ4n) is 2.46. The van der Waals surface area contributed by atoms with Gasteiger partial charge in [-0.3, -0.25) is 9.59 Å². The third-order valence-electron chi connectivity index (χ3n) is 4.25. The van der Waals surface area contributed by atoms with Crippen LogP contribution in [0.25, 0.3) is 0 Å². The molecule has 148 valence electrons. The van der Waals surface area contributed by atoms with Crippen LogP contribution in [0, 0.1) is 5.92 Å². The van der Waals surface area contributed by atoms with Gasteiger partial charge in [-0.05, 0) is 46.5 Å². The fraction of sp³-hybridized carbons (Fsp3) is 0.737. The number of carbonyl (C=O) groups is 3. The van der Waals surface area contributed by atoms with E-state index < -0.39 is 11.7 Å². The Morgan fingerprint density at radius 2 is 1.77 bits per heavy atom. The molecule has 0 aromatic rings. The third kappa shape index (κ3) is 8.36. The van der Waals surface area contributed by atoms with Crippen molar-refractivity contribution in [2.75, 3.05) is 19.6 Å². The maximum atomic E-state index is 12.2. The minimum absolute atomic E-state index is 0.0709. The number of piperidine rings is 1. The average molecular weight is 367 g/mol. The molecule has 0 bridgehead atoms. The number of ether oxygens (including phenoxy) is 1. The van der Waals surface area contributed by atoms with E-state index in [9.17, 15) is 14.4 Å². The molecular formula is C19H33N3O4. The van der Waals surface area contributed by atoms with E-state index >= 15 is 0 Å². The van der Waals surface area contributed by atoms with E-state index in [4.69, 9.17) is 4.74 Å². The van der Waals surface area contributed by atoms with Crippen LogP contribution < -0.4 is 10.6 Å². The summed E-state index contributed by atoms with van der Waals surface area (Å²) in [5.74, 6) is 0.126. The summed E-state index contributed by atoms with van der Waals surface area (Å²) in [6.07, 6.45) is 2.46. The van der Waals surface area contributed by atoms with Crippen LogP contribution >= 0.6 is 0 Å². The molecular weight excluding hydrogens is 334 g/mol. The molecule has 0 aromatic carbocycles. The van der Waals surface area contributed by atoms with Crippen LogP contribution in [-0.2, 0) is 14.3 Å². The third-order valence-corrected chi connectivity index (χ3v) is 4.25. The number of hydrogen-bond donors (Lipinski definition) is 2. The zero-order valence-electron chi connectivity index (χ0n) is 16.8. The number of nitrogens with one attached hydrogen (secondary N) is 2. The Bertz CT molecular complexity index is 541. The van der Waals surface area contributed by atoms with E-state index in [1.54, 1.807) is 31.7 Å². The molecule has 1 saturated heterocycles. The molecule has 1 aliphatic heterocycles. The van der Waals surface area contributed by atoms with E-state index in [0.29, 0.717) is 31.8 Å². The summed E-state index contributed by atoms with van der Waals surface area (Å²) in [6.45, 7) is 12.4. The minimum atomic E-state index is -0.597. The van der Waals surface area contributed by atoms with Crippen molar-refractivity contribution in [1.29, 1.82) is 0 Å². The van der Waals surface area contributed by atoms with Gasteiger partial charge in [0.25, 0.3) is 0 Å². The van der Waals surface area contributed by atoms with Crippen molar-refractivity contribution in [1.82, 2.24) is 15.5 Å². The first-order valence-corrected chi connectivity index (χ1v) is 9.21. The predicted molar refractivity (Wildman–Crippen MR) is 101 cm³/mol. The summed E-state index contributed by atoms with van der Waals surface area (Å²) in [4.78, 5) is 37.5. The summed E-state index contributed by atoms with van der Waals surface area (Å²) in [5.41, 5.74) is 0.454.